The molecule has 1 N–H and O–H groups in total. The number of likely N-dealkylation sites (tertiary alicyclic amines) is 1. The van der Waals surface area contributed by atoms with E-state index in [2.05, 4.69) is 37.9 Å². The van der Waals surface area contributed by atoms with Crippen molar-refractivity contribution >= 4 is 0 Å². The lowest BCUT2D eigenvalue weighted by Crippen LogP contribution is -2.53. The third-order valence-electron chi connectivity index (χ3n) is 5.81. The van der Waals surface area contributed by atoms with E-state index in [1.54, 1.807) is 0 Å². The molecule has 1 aliphatic heterocycles. The van der Waals surface area contributed by atoms with Crippen LogP contribution in [0.25, 0.3) is 0 Å². The summed E-state index contributed by atoms with van der Waals surface area (Å²) in [6.45, 7) is 14.7. The maximum absolute atomic E-state index is 3.81. The first-order chi connectivity index (χ1) is 9.56. The number of nitrogens with one attached hydrogen (secondary N) is 1. The lowest BCUT2D eigenvalue weighted by molar-refractivity contribution is 0.0641. The number of piperidine rings is 1. The Morgan fingerprint density at radius 1 is 1.15 bits per heavy atom. The zero-order valence-electron chi connectivity index (χ0n) is 14.3. The summed E-state index contributed by atoms with van der Waals surface area (Å²) in [4.78, 5) is 2.77. The third-order valence-corrected chi connectivity index (χ3v) is 5.81. The van der Waals surface area contributed by atoms with Crippen molar-refractivity contribution in [3.8, 4) is 0 Å². The number of rotatable bonds is 5. The van der Waals surface area contributed by atoms with Crippen LogP contribution in [0.2, 0.25) is 0 Å². The van der Waals surface area contributed by atoms with E-state index in [9.17, 15) is 0 Å². The molecule has 0 aromatic rings. The first kappa shape index (κ1) is 16.3. The van der Waals surface area contributed by atoms with Crippen LogP contribution in [0.3, 0.4) is 0 Å². The SMILES string of the molecule is CCNC1C(CN2CCCC(CC)C2)CCCC1(C)C. The smallest absolute Gasteiger partial charge is 0.0159 e. The molecular weight excluding hydrogens is 244 g/mol. The average molecular weight is 280 g/mol. The van der Waals surface area contributed by atoms with Gasteiger partial charge in [-0.1, -0.05) is 40.5 Å². The van der Waals surface area contributed by atoms with Crippen LogP contribution in [-0.4, -0.2) is 37.1 Å². The topological polar surface area (TPSA) is 15.3 Å². The van der Waals surface area contributed by atoms with Gasteiger partial charge in [0.15, 0.2) is 0 Å². The summed E-state index contributed by atoms with van der Waals surface area (Å²) in [5, 5.41) is 3.81. The van der Waals surface area contributed by atoms with Gasteiger partial charge in [0.1, 0.15) is 0 Å². The van der Waals surface area contributed by atoms with Gasteiger partial charge in [0.2, 0.25) is 0 Å². The molecule has 1 saturated heterocycles. The molecule has 3 unspecified atom stereocenters. The minimum Gasteiger partial charge on any atom is -0.313 e. The third kappa shape index (κ3) is 3.98. The van der Waals surface area contributed by atoms with E-state index in [4.69, 9.17) is 0 Å². The van der Waals surface area contributed by atoms with Gasteiger partial charge in [-0.25, -0.2) is 0 Å². The van der Waals surface area contributed by atoms with E-state index in [1.165, 1.54) is 58.2 Å². The Labute approximate surface area is 126 Å². The van der Waals surface area contributed by atoms with Crippen molar-refractivity contribution in [2.45, 2.75) is 72.3 Å². The second-order valence-corrected chi connectivity index (χ2v) is 7.85. The minimum absolute atomic E-state index is 0.471. The van der Waals surface area contributed by atoms with E-state index in [0.717, 1.165) is 18.4 Å². The monoisotopic (exact) mass is 280 g/mol. The molecule has 2 nitrogen and oxygen atoms in total. The quantitative estimate of drug-likeness (QED) is 0.821. The Hall–Kier alpha value is -0.0800. The molecule has 0 spiro atoms. The normalized spacial score (nSPS) is 35.1. The molecule has 0 aromatic carbocycles. The number of nitrogens with zero attached hydrogens (tertiary/aromatic N) is 1. The molecule has 0 bridgehead atoms. The van der Waals surface area contributed by atoms with Gasteiger partial charge < -0.3 is 10.2 Å². The van der Waals surface area contributed by atoms with Crippen LogP contribution in [0.1, 0.15) is 66.2 Å². The molecule has 0 radical (unpaired) electrons. The van der Waals surface area contributed by atoms with Gasteiger partial charge in [-0.15, -0.1) is 0 Å². The van der Waals surface area contributed by atoms with Crippen LogP contribution >= 0.6 is 0 Å². The lowest BCUT2D eigenvalue weighted by Gasteiger charge is -2.47. The van der Waals surface area contributed by atoms with Crippen molar-refractivity contribution in [1.82, 2.24) is 10.2 Å². The summed E-state index contributed by atoms with van der Waals surface area (Å²) < 4.78 is 0. The molecule has 1 saturated carbocycles. The highest BCUT2D eigenvalue weighted by molar-refractivity contribution is 4.94. The summed E-state index contributed by atoms with van der Waals surface area (Å²) in [6.07, 6.45) is 8.47. The van der Waals surface area contributed by atoms with Crippen LogP contribution in [-0.2, 0) is 0 Å². The van der Waals surface area contributed by atoms with Gasteiger partial charge in [0.05, 0.1) is 0 Å². The molecule has 2 heteroatoms. The Morgan fingerprint density at radius 3 is 2.65 bits per heavy atom. The molecule has 20 heavy (non-hydrogen) atoms. The van der Waals surface area contributed by atoms with E-state index >= 15 is 0 Å². The molecule has 1 heterocycles. The standard InChI is InChI=1S/C18H36N2/c1-5-15-9-8-12-20(13-15)14-16-10-7-11-18(3,4)17(16)19-6-2/h15-17,19H,5-14H2,1-4H3. The van der Waals surface area contributed by atoms with Gasteiger partial charge in [-0.3, -0.25) is 0 Å². The predicted octanol–water partition coefficient (Wildman–Crippen LogP) is 3.91. The Morgan fingerprint density at radius 2 is 1.95 bits per heavy atom. The highest BCUT2D eigenvalue weighted by atomic mass is 15.1. The fourth-order valence-corrected chi connectivity index (χ4v) is 4.62. The maximum atomic E-state index is 3.81. The molecule has 3 atom stereocenters. The van der Waals surface area contributed by atoms with E-state index in [-0.39, 0.29) is 0 Å². The summed E-state index contributed by atoms with van der Waals surface area (Å²) in [6, 6.07) is 0.711. The molecule has 2 fully saturated rings. The van der Waals surface area contributed by atoms with Crippen molar-refractivity contribution in [3.63, 3.8) is 0 Å². The Kier molecular flexibility index (Phi) is 5.92. The summed E-state index contributed by atoms with van der Waals surface area (Å²) >= 11 is 0. The molecule has 118 valence electrons. The highest BCUT2D eigenvalue weighted by Gasteiger charge is 2.39. The largest absolute Gasteiger partial charge is 0.313 e. The van der Waals surface area contributed by atoms with Crippen LogP contribution in [0.4, 0.5) is 0 Å². The van der Waals surface area contributed by atoms with Crippen LogP contribution < -0.4 is 5.32 Å². The lowest BCUT2D eigenvalue weighted by atomic mass is 9.67. The van der Waals surface area contributed by atoms with E-state index < -0.39 is 0 Å². The van der Waals surface area contributed by atoms with Crippen molar-refractivity contribution in [2.75, 3.05) is 26.2 Å². The second-order valence-electron chi connectivity index (χ2n) is 7.85. The van der Waals surface area contributed by atoms with E-state index in [1.807, 2.05) is 0 Å². The van der Waals surface area contributed by atoms with Crippen LogP contribution in [0.15, 0.2) is 0 Å². The van der Waals surface area contributed by atoms with Gasteiger partial charge in [-0.2, -0.15) is 0 Å². The molecule has 2 rings (SSSR count). The summed E-state index contributed by atoms with van der Waals surface area (Å²) in [5.41, 5.74) is 0.471. The zero-order chi connectivity index (χ0) is 14.6. The van der Waals surface area contributed by atoms with Gasteiger partial charge >= 0.3 is 0 Å². The predicted molar refractivity (Wildman–Crippen MR) is 88.0 cm³/mol. The van der Waals surface area contributed by atoms with Crippen LogP contribution in [0.5, 0.6) is 0 Å². The maximum Gasteiger partial charge on any atom is 0.0159 e. The van der Waals surface area contributed by atoms with E-state index in [0.29, 0.717) is 11.5 Å². The van der Waals surface area contributed by atoms with Gasteiger partial charge in [-0.05, 0) is 56.0 Å². The van der Waals surface area contributed by atoms with Crippen molar-refractivity contribution < 1.29 is 0 Å². The molecule has 2 aliphatic rings. The van der Waals surface area contributed by atoms with Gasteiger partial charge in [0.25, 0.3) is 0 Å². The molecule has 1 aliphatic carbocycles. The Bertz CT molecular complexity index is 287. The number of hydrogen-bond donors (Lipinski definition) is 1. The molecule has 0 amide bonds. The summed E-state index contributed by atoms with van der Waals surface area (Å²) in [7, 11) is 0. The minimum atomic E-state index is 0.471. The first-order valence-electron chi connectivity index (χ1n) is 9.02. The van der Waals surface area contributed by atoms with Crippen molar-refractivity contribution in [1.29, 1.82) is 0 Å². The van der Waals surface area contributed by atoms with Crippen molar-refractivity contribution in [2.24, 2.45) is 17.3 Å². The zero-order valence-corrected chi connectivity index (χ0v) is 14.3. The fraction of sp³-hybridized carbons (Fsp3) is 1.00. The second kappa shape index (κ2) is 7.26. The number of hydrogen-bond acceptors (Lipinski definition) is 2. The first-order valence-corrected chi connectivity index (χ1v) is 9.02. The highest BCUT2D eigenvalue weighted by Crippen LogP contribution is 2.39. The summed E-state index contributed by atoms with van der Waals surface area (Å²) in [5.74, 6) is 1.81. The fourth-order valence-electron chi connectivity index (χ4n) is 4.62. The van der Waals surface area contributed by atoms with Crippen LogP contribution in [0, 0.1) is 17.3 Å². The molecule has 0 aromatic heterocycles. The average Bonchev–Trinajstić information content (AvgIpc) is 2.43. The molecular formula is C18H36N2. The van der Waals surface area contributed by atoms with Crippen molar-refractivity contribution in [3.05, 3.63) is 0 Å². The van der Waals surface area contributed by atoms with Gasteiger partial charge in [0, 0.05) is 19.1 Å². The Balaban J connectivity index is 1.95.